The number of nitrogens with one attached hydrogen (secondary N) is 1. The molecule has 0 bridgehead atoms. The van der Waals surface area contributed by atoms with Gasteiger partial charge in [0.2, 0.25) is 0 Å². The molecule has 0 amide bonds. The molecule has 17 heavy (non-hydrogen) atoms. The van der Waals surface area contributed by atoms with Gasteiger partial charge in [0.15, 0.2) is 0 Å². The molecule has 0 aliphatic carbocycles. The maximum atomic E-state index is 11.6. The molecule has 4 heteroatoms. The molecule has 0 atom stereocenters. The number of esters is 1. The van der Waals surface area contributed by atoms with Crippen molar-refractivity contribution in [1.82, 2.24) is 5.32 Å². The highest BCUT2D eigenvalue weighted by molar-refractivity contribution is 5.98. The van der Waals surface area contributed by atoms with Crippen molar-refractivity contribution in [3.8, 4) is 0 Å². The van der Waals surface area contributed by atoms with Crippen LogP contribution >= 0.6 is 0 Å². The van der Waals surface area contributed by atoms with Crippen LogP contribution in [-0.2, 0) is 14.3 Å². The summed E-state index contributed by atoms with van der Waals surface area (Å²) in [5.74, 6) is -0.535. The zero-order valence-electron chi connectivity index (χ0n) is 11.8. The van der Waals surface area contributed by atoms with Gasteiger partial charge in [-0.05, 0) is 20.8 Å². The van der Waals surface area contributed by atoms with Crippen LogP contribution in [0.2, 0.25) is 0 Å². The van der Waals surface area contributed by atoms with E-state index in [1.165, 1.54) is 0 Å². The molecular formula is C13H25NO3. The number of ketones is 1. The SMILES string of the molecule is CC(C)(C)NCCOC(=O)CC(=O)C(C)(C)C. The van der Waals surface area contributed by atoms with Crippen molar-refractivity contribution in [2.45, 2.75) is 53.5 Å². The molecule has 4 nitrogen and oxygen atoms in total. The largest absolute Gasteiger partial charge is 0.464 e. The van der Waals surface area contributed by atoms with Gasteiger partial charge in [0, 0.05) is 17.5 Å². The summed E-state index contributed by atoms with van der Waals surface area (Å²) >= 11 is 0. The molecule has 0 fully saturated rings. The molecule has 100 valence electrons. The van der Waals surface area contributed by atoms with Crippen molar-refractivity contribution in [3.63, 3.8) is 0 Å². The van der Waals surface area contributed by atoms with Gasteiger partial charge in [0.25, 0.3) is 0 Å². The van der Waals surface area contributed by atoms with Crippen molar-refractivity contribution in [1.29, 1.82) is 0 Å². The first-order chi connectivity index (χ1) is 7.52. The molecule has 0 aliphatic rings. The van der Waals surface area contributed by atoms with E-state index in [4.69, 9.17) is 4.74 Å². The van der Waals surface area contributed by atoms with Crippen LogP contribution in [0, 0.1) is 5.41 Å². The number of hydrogen-bond donors (Lipinski definition) is 1. The molecule has 1 N–H and O–H groups in total. The highest BCUT2D eigenvalue weighted by atomic mass is 16.5. The topological polar surface area (TPSA) is 55.4 Å². The van der Waals surface area contributed by atoms with Crippen molar-refractivity contribution < 1.29 is 14.3 Å². The summed E-state index contributed by atoms with van der Waals surface area (Å²) < 4.78 is 4.98. The molecule has 0 aromatic heterocycles. The van der Waals surface area contributed by atoms with Gasteiger partial charge in [0.1, 0.15) is 18.8 Å². The van der Waals surface area contributed by atoms with E-state index in [1.54, 1.807) is 20.8 Å². The van der Waals surface area contributed by atoms with Crippen LogP contribution in [0.25, 0.3) is 0 Å². The third-order valence-electron chi connectivity index (χ3n) is 2.16. The molecule has 0 saturated heterocycles. The highest BCUT2D eigenvalue weighted by Crippen LogP contribution is 2.16. The van der Waals surface area contributed by atoms with Crippen molar-refractivity contribution in [2.75, 3.05) is 13.2 Å². The van der Waals surface area contributed by atoms with Gasteiger partial charge >= 0.3 is 5.97 Å². The lowest BCUT2D eigenvalue weighted by Crippen LogP contribution is -2.38. The maximum Gasteiger partial charge on any atom is 0.313 e. The van der Waals surface area contributed by atoms with Gasteiger partial charge in [-0.2, -0.15) is 0 Å². The summed E-state index contributed by atoms with van der Waals surface area (Å²) in [7, 11) is 0. The standard InChI is InChI=1S/C13H25NO3/c1-12(2,3)10(15)9-11(16)17-8-7-14-13(4,5)6/h14H,7-9H2,1-6H3. The van der Waals surface area contributed by atoms with Gasteiger partial charge in [-0.3, -0.25) is 9.59 Å². The van der Waals surface area contributed by atoms with Crippen LogP contribution in [0.4, 0.5) is 0 Å². The van der Waals surface area contributed by atoms with E-state index in [0.29, 0.717) is 13.2 Å². The third-order valence-corrected chi connectivity index (χ3v) is 2.16. The number of Topliss-reactive ketones (excluding diaryl/α,β-unsaturated/α-hetero) is 1. The second-order valence-corrected chi connectivity index (χ2v) is 6.25. The lowest BCUT2D eigenvalue weighted by atomic mass is 9.89. The Morgan fingerprint density at radius 2 is 1.59 bits per heavy atom. The van der Waals surface area contributed by atoms with E-state index >= 15 is 0 Å². The van der Waals surface area contributed by atoms with Crippen LogP contribution in [0.1, 0.15) is 48.0 Å². The zero-order chi connectivity index (χ0) is 13.7. The first-order valence-electron chi connectivity index (χ1n) is 5.96. The fraction of sp³-hybridized carbons (Fsp3) is 0.846. The van der Waals surface area contributed by atoms with E-state index in [2.05, 4.69) is 5.32 Å². The fourth-order valence-corrected chi connectivity index (χ4v) is 1.04. The Labute approximate surface area is 104 Å². The molecule has 0 aromatic rings. The summed E-state index contributed by atoms with van der Waals surface area (Å²) in [6.07, 6.45) is -0.140. The van der Waals surface area contributed by atoms with Gasteiger partial charge in [-0.1, -0.05) is 20.8 Å². The number of ether oxygens (including phenoxy) is 1. The molecule has 0 aromatic carbocycles. The molecule has 0 rings (SSSR count). The molecule has 0 spiro atoms. The number of carbonyl (C=O) groups is 2. The normalized spacial score (nSPS) is 12.4. The average Bonchev–Trinajstić information content (AvgIpc) is 2.09. The monoisotopic (exact) mass is 243 g/mol. The van der Waals surface area contributed by atoms with Gasteiger partial charge in [0.05, 0.1) is 0 Å². The quantitative estimate of drug-likeness (QED) is 0.455. The van der Waals surface area contributed by atoms with E-state index in [1.807, 2.05) is 20.8 Å². The summed E-state index contributed by atoms with van der Waals surface area (Å²) in [6.45, 7) is 12.4. The summed E-state index contributed by atoms with van der Waals surface area (Å²) in [6, 6.07) is 0. The van der Waals surface area contributed by atoms with Crippen LogP contribution < -0.4 is 5.32 Å². The van der Waals surface area contributed by atoms with Gasteiger partial charge < -0.3 is 10.1 Å². The van der Waals surface area contributed by atoms with E-state index in [0.717, 1.165) is 0 Å². The van der Waals surface area contributed by atoms with Crippen LogP contribution in [-0.4, -0.2) is 30.4 Å². The average molecular weight is 243 g/mol. The Morgan fingerprint density at radius 1 is 1.06 bits per heavy atom. The Bertz CT molecular complexity index is 271. The lowest BCUT2D eigenvalue weighted by Gasteiger charge is -2.20. The summed E-state index contributed by atoms with van der Waals surface area (Å²) in [5.41, 5.74) is -0.476. The lowest BCUT2D eigenvalue weighted by molar-refractivity contribution is -0.147. The van der Waals surface area contributed by atoms with Gasteiger partial charge in [-0.15, -0.1) is 0 Å². The maximum absolute atomic E-state index is 11.6. The van der Waals surface area contributed by atoms with E-state index in [9.17, 15) is 9.59 Å². The second-order valence-electron chi connectivity index (χ2n) is 6.25. The predicted molar refractivity (Wildman–Crippen MR) is 67.8 cm³/mol. The molecule has 0 heterocycles. The van der Waals surface area contributed by atoms with Gasteiger partial charge in [-0.25, -0.2) is 0 Å². The van der Waals surface area contributed by atoms with Crippen molar-refractivity contribution >= 4 is 11.8 Å². The van der Waals surface area contributed by atoms with Crippen molar-refractivity contribution in [3.05, 3.63) is 0 Å². The minimum atomic E-state index is -0.483. The number of hydrogen-bond acceptors (Lipinski definition) is 4. The van der Waals surface area contributed by atoms with E-state index in [-0.39, 0.29) is 17.7 Å². The first-order valence-corrected chi connectivity index (χ1v) is 5.96. The van der Waals surface area contributed by atoms with E-state index < -0.39 is 11.4 Å². The smallest absolute Gasteiger partial charge is 0.313 e. The zero-order valence-corrected chi connectivity index (χ0v) is 11.8. The summed E-state index contributed by atoms with van der Waals surface area (Å²) in [5, 5.41) is 3.20. The number of rotatable bonds is 5. The van der Waals surface area contributed by atoms with Crippen molar-refractivity contribution in [2.24, 2.45) is 5.41 Å². The Hall–Kier alpha value is -0.900. The van der Waals surface area contributed by atoms with Crippen LogP contribution in [0.15, 0.2) is 0 Å². The molecule has 0 unspecified atom stereocenters. The molecular weight excluding hydrogens is 218 g/mol. The summed E-state index contributed by atoms with van der Waals surface area (Å²) in [4.78, 5) is 22.9. The third kappa shape index (κ3) is 8.86. The first kappa shape index (κ1) is 16.1. The minimum Gasteiger partial charge on any atom is -0.464 e. The predicted octanol–water partition coefficient (Wildman–Crippen LogP) is 1.92. The minimum absolute atomic E-state index is 0.00758. The van der Waals surface area contributed by atoms with Crippen LogP contribution in [0.3, 0.4) is 0 Å². The number of carbonyl (C=O) groups excluding carboxylic acids is 2. The Balaban J connectivity index is 3.79. The van der Waals surface area contributed by atoms with Crippen LogP contribution in [0.5, 0.6) is 0 Å². The highest BCUT2D eigenvalue weighted by Gasteiger charge is 2.24. The Kier molecular flexibility index (Phi) is 5.82. The Morgan fingerprint density at radius 3 is 2.00 bits per heavy atom. The molecule has 0 saturated carbocycles. The second kappa shape index (κ2) is 6.15. The molecule has 0 aliphatic heterocycles. The fourth-order valence-electron chi connectivity index (χ4n) is 1.04. The molecule has 0 radical (unpaired) electrons.